The van der Waals surface area contributed by atoms with Crippen LogP contribution in [0.1, 0.15) is 6.42 Å². The second-order valence-corrected chi connectivity index (χ2v) is 7.45. The van der Waals surface area contributed by atoms with Crippen LogP contribution in [0.25, 0.3) is 32.9 Å². The Morgan fingerprint density at radius 1 is 1.28 bits per heavy atom. The van der Waals surface area contributed by atoms with Crippen molar-refractivity contribution in [3.05, 3.63) is 48.9 Å². The molecule has 1 fully saturated rings. The van der Waals surface area contributed by atoms with E-state index in [1.807, 2.05) is 48.1 Å². The molecule has 2 atom stereocenters. The molecule has 0 aliphatic heterocycles. The van der Waals surface area contributed by atoms with Gasteiger partial charge in [0, 0.05) is 42.1 Å². The summed E-state index contributed by atoms with van der Waals surface area (Å²) >= 11 is 0. The number of hydrogen-bond acceptors (Lipinski definition) is 5. The standard InChI is InChI=1S/C22H18N6O/c1-28-5-3-16-15(2-4-25-21(16)28)12-6-13-9-20(26-11-18(13)19(24)8-12)27-22(29)17-7-14(17)10-23/h2-6,8-9,11,14,17H,7,24H2,1H3,(H,26,27,29). The Labute approximate surface area is 166 Å². The minimum Gasteiger partial charge on any atom is -0.398 e. The number of carbonyl (C=O) groups excluding carboxylic acids is 1. The number of benzene rings is 1. The normalized spacial score (nSPS) is 17.9. The van der Waals surface area contributed by atoms with E-state index in [4.69, 9.17) is 11.0 Å². The number of nitrogens with two attached hydrogens (primary N) is 1. The fourth-order valence-corrected chi connectivity index (χ4v) is 3.77. The Bertz CT molecular complexity index is 1330. The first-order valence-electron chi connectivity index (χ1n) is 9.35. The third-order valence-electron chi connectivity index (χ3n) is 5.49. The van der Waals surface area contributed by atoms with E-state index in [0.717, 1.165) is 32.9 Å². The largest absolute Gasteiger partial charge is 0.398 e. The van der Waals surface area contributed by atoms with Crippen molar-refractivity contribution in [2.75, 3.05) is 11.1 Å². The minimum absolute atomic E-state index is 0.160. The van der Waals surface area contributed by atoms with Crippen LogP contribution < -0.4 is 11.1 Å². The summed E-state index contributed by atoms with van der Waals surface area (Å²) in [6.07, 6.45) is 6.05. The van der Waals surface area contributed by atoms with Gasteiger partial charge in [-0.05, 0) is 53.3 Å². The molecule has 1 aliphatic carbocycles. The molecular formula is C22H18N6O. The van der Waals surface area contributed by atoms with E-state index in [0.29, 0.717) is 17.9 Å². The maximum atomic E-state index is 12.2. The number of anilines is 2. The number of aromatic nitrogens is 3. The third kappa shape index (κ3) is 2.86. The third-order valence-corrected chi connectivity index (χ3v) is 5.49. The molecule has 3 N–H and O–H groups in total. The Kier molecular flexibility index (Phi) is 3.74. The molecule has 5 rings (SSSR count). The van der Waals surface area contributed by atoms with Crippen molar-refractivity contribution < 1.29 is 4.79 Å². The molecule has 2 unspecified atom stereocenters. The lowest BCUT2D eigenvalue weighted by Crippen LogP contribution is -2.15. The molecule has 0 radical (unpaired) electrons. The highest BCUT2D eigenvalue weighted by Gasteiger charge is 2.43. The van der Waals surface area contributed by atoms with Gasteiger partial charge in [-0.3, -0.25) is 4.79 Å². The lowest BCUT2D eigenvalue weighted by atomic mass is 9.99. The molecule has 1 aliphatic rings. The van der Waals surface area contributed by atoms with Gasteiger partial charge in [-0.25, -0.2) is 9.97 Å². The van der Waals surface area contributed by atoms with E-state index in [9.17, 15) is 4.79 Å². The molecule has 29 heavy (non-hydrogen) atoms. The maximum absolute atomic E-state index is 12.2. The number of hydrogen-bond donors (Lipinski definition) is 2. The average Bonchev–Trinajstić information content (AvgIpc) is 3.43. The first kappa shape index (κ1) is 17.2. The zero-order valence-corrected chi connectivity index (χ0v) is 15.8. The van der Waals surface area contributed by atoms with Crippen molar-refractivity contribution in [3.63, 3.8) is 0 Å². The Morgan fingerprint density at radius 2 is 2.14 bits per heavy atom. The summed E-state index contributed by atoms with van der Waals surface area (Å²) in [6.45, 7) is 0. The molecule has 1 aromatic carbocycles. The predicted octanol–water partition coefficient (Wildman–Crippen LogP) is 3.47. The number of nitrogen functional groups attached to an aromatic ring is 1. The Balaban J connectivity index is 1.56. The lowest BCUT2D eigenvalue weighted by Gasteiger charge is -2.10. The summed E-state index contributed by atoms with van der Waals surface area (Å²) in [4.78, 5) is 21.0. The van der Waals surface area contributed by atoms with Gasteiger partial charge in [-0.15, -0.1) is 0 Å². The monoisotopic (exact) mass is 382 g/mol. The molecule has 0 spiro atoms. The molecule has 1 amide bonds. The Morgan fingerprint density at radius 3 is 2.93 bits per heavy atom. The molecular weight excluding hydrogens is 364 g/mol. The van der Waals surface area contributed by atoms with Gasteiger partial charge in [0.25, 0.3) is 0 Å². The van der Waals surface area contributed by atoms with Gasteiger partial charge in [0.2, 0.25) is 5.91 Å². The van der Waals surface area contributed by atoms with E-state index < -0.39 is 0 Å². The second kappa shape index (κ2) is 6.31. The molecule has 3 heterocycles. The Hall–Kier alpha value is -3.92. The highest BCUT2D eigenvalue weighted by molar-refractivity contribution is 6.02. The summed E-state index contributed by atoms with van der Waals surface area (Å²) in [5.41, 5.74) is 9.85. The fourth-order valence-electron chi connectivity index (χ4n) is 3.77. The second-order valence-electron chi connectivity index (χ2n) is 7.45. The summed E-state index contributed by atoms with van der Waals surface area (Å²) in [5.74, 6) is -0.121. The number of carbonyl (C=O) groups is 1. The van der Waals surface area contributed by atoms with Crippen LogP contribution in [0, 0.1) is 23.2 Å². The lowest BCUT2D eigenvalue weighted by molar-refractivity contribution is -0.117. The van der Waals surface area contributed by atoms with Crippen LogP contribution in [0.5, 0.6) is 0 Å². The molecule has 1 saturated carbocycles. The van der Waals surface area contributed by atoms with Gasteiger partial charge in [-0.2, -0.15) is 5.26 Å². The van der Waals surface area contributed by atoms with Crippen LogP contribution in [-0.2, 0) is 11.8 Å². The van der Waals surface area contributed by atoms with Crippen molar-refractivity contribution in [2.24, 2.45) is 18.9 Å². The van der Waals surface area contributed by atoms with Crippen LogP contribution in [-0.4, -0.2) is 20.4 Å². The summed E-state index contributed by atoms with van der Waals surface area (Å²) < 4.78 is 1.98. The fraction of sp³-hybridized carbons (Fsp3) is 0.182. The van der Waals surface area contributed by atoms with Gasteiger partial charge in [0.15, 0.2) is 0 Å². The summed E-state index contributed by atoms with van der Waals surface area (Å²) in [6, 6.07) is 11.9. The number of rotatable bonds is 3. The smallest absolute Gasteiger partial charge is 0.230 e. The molecule has 0 saturated heterocycles. The molecule has 7 heteroatoms. The van der Waals surface area contributed by atoms with Crippen LogP contribution >= 0.6 is 0 Å². The van der Waals surface area contributed by atoms with Crippen molar-refractivity contribution in [2.45, 2.75) is 6.42 Å². The minimum atomic E-state index is -0.239. The molecule has 142 valence electrons. The zero-order valence-electron chi connectivity index (χ0n) is 15.8. The number of nitrogens with zero attached hydrogens (tertiary/aromatic N) is 4. The van der Waals surface area contributed by atoms with Gasteiger partial charge >= 0.3 is 0 Å². The van der Waals surface area contributed by atoms with Crippen molar-refractivity contribution in [3.8, 4) is 17.2 Å². The molecule has 0 bridgehead atoms. The van der Waals surface area contributed by atoms with Crippen LogP contribution in [0.3, 0.4) is 0 Å². The number of nitrogens with one attached hydrogen (secondary N) is 1. The van der Waals surface area contributed by atoms with Crippen molar-refractivity contribution >= 4 is 39.2 Å². The van der Waals surface area contributed by atoms with Crippen LogP contribution in [0.4, 0.5) is 11.5 Å². The number of nitriles is 1. The predicted molar refractivity (Wildman–Crippen MR) is 112 cm³/mol. The molecule has 7 nitrogen and oxygen atoms in total. The topological polar surface area (TPSA) is 110 Å². The number of amides is 1. The first-order chi connectivity index (χ1) is 14.0. The van der Waals surface area contributed by atoms with E-state index in [2.05, 4.69) is 21.4 Å². The van der Waals surface area contributed by atoms with E-state index in [1.54, 1.807) is 12.4 Å². The van der Waals surface area contributed by atoms with Gasteiger partial charge in [0.05, 0.1) is 17.9 Å². The number of aryl methyl sites for hydroxylation is 1. The van der Waals surface area contributed by atoms with E-state index >= 15 is 0 Å². The summed E-state index contributed by atoms with van der Waals surface area (Å²) in [5, 5.41) is 14.5. The molecule has 3 aromatic heterocycles. The zero-order chi connectivity index (χ0) is 20.1. The molecule has 4 aromatic rings. The van der Waals surface area contributed by atoms with Crippen molar-refractivity contribution in [1.29, 1.82) is 5.26 Å². The maximum Gasteiger partial charge on any atom is 0.230 e. The van der Waals surface area contributed by atoms with E-state index in [-0.39, 0.29) is 17.7 Å². The van der Waals surface area contributed by atoms with Gasteiger partial charge in [0.1, 0.15) is 11.5 Å². The van der Waals surface area contributed by atoms with E-state index in [1.165, 1.54) is 0 Å². The quantitative estimate of drug-likeness (QED) is 0.527. The highest BCUT2D eigenvalue weighted by Crippen LogP contribution is 2.39. The van der Waals surface area contributed by atoms with Crippen molar-refractivity contribution in [1.82, 2.24) is 14.5 Å². The van der Waals surface area contributed by atoms with Gasteiger partial charge < -0.3 is 15.6 Å². The summed E-state index contributed by atoms with van der Waals surface area (Å²) in [7, 11) is 1.96. The number of pyridine rings is 2. The van der Waals surface area contributed by atoms with Crippen LogP contribution in [0.2, 0.25) is 0 Å². The SMILES string of the molecule is Cn1ccc2c(-c3cc(N)c4cnc(NC(=O)C5CC5C#N)cc4c3)ccnc21. The average molecular weight is 382 g/mol. The first-order valence-corrected chi connectivity index (χ1v) is 9.35. The van der Waals surface area contributed by atoms with Crippen LogP contribution in [0.15, 0.2) is 48.9 Å². The highest BCUT2D eigenvalue weighted by atomic mass is 16.2. The number of fused-ring (bicyclic) bond motifs is 2. The van der Waals surface area contributed by atoms with Gasteiger partial charge in [-0.1, -0.05) is 0 Å².